The predicted molar refractivity (Wildman–Crippen MR) is 66.4 cm³/mol. The smallest absolute Gasteiger partial charge is 0.0932 e. The molecule has 0 aliphatic carbocycles. The Kier molecular flexibility index (Phi) is 2.74. The van der Waals surface area contributed by atoms with E-state index in [0.717, 1.165) is 10.9 Å². The molecule has 2 aromatic rings. The first-order chi connectivity index (χ1) is 7.56. The first kappa shape index (κ1) is 11.2. The number of aliphatic hydroxyl groups excluding tert-OH is 1. The maximum absolute atomic E-state index is 9.86. The van der Waals surface area contributed by atoms with Crippen molar-refractivity contribution in [2.75, 3.05) is 6.54 Å². The van der Waals surface area contributed by atoms with Gasteiger partial charge in [0.05, 0.1) is 11.6 Å². The molecule has 86 valence electrons. The zero-order chi connectivity index (χ0) is 11.9. The quantitative estimate of drug-likeness (QED) is 0.807. The van der Waals surface area contributed by atoms with E-state index < -0.39 is 6.10 Å². The zero-order valence-corrected chi connectivity index (χ0v) is 9.99. The average molecular weight is 218 g/mol. The molecule has 0 saturated carbocycles. The minimum Gasteiger partial charge on any atom is -0.387 e. The van der Waals surface area contributed by atoms with E-state index >= 15 is 0 Å². The molecule has 2 rings (SSSR count). The van der Waals surface area contributed by atoms with Gasteiger partial charge in [0.15, 0.2) is 0 Å². The number of aliphatic hydroxyl groups is 1. The Hall–Kier alpha value is -1.32. The summed E-state index contributed by atoms with van der Waals surface area (Å²) in [5.41, 5.74) is 10.1. The molecule has 0 aliphatic heterocycles. The fourth-order valence-corrected chi connectivity index (χ4v) is 2.22. The molecule has 1 heterocycles. The highest BCUT2D eigenvalue weighted by Gasteiger charge is 2.14. The van der Waals surface area contributed by atoms with Gasteiger partial charge in [-0.3, -0.25) is 0 Å². The van der Waals surface area contributed by atoms with Crippen LogP contribution in [-0.4, -0.2) is 16.2 Å². The summed E-state index contributed by atoms with van der Waals surface area (Å²) < 4.78 is 2.06. The van der Waals surface area contributed by atoms with Gasteiger partial charge in [-0.2, -0.15) is 0 Å². The number of nitrogens with two attached hydrogens (primary N) is 1. The van der Waals surface area contributed by atoms with Crippen molar-refractivity contribution in [2.45, 2.75) is 20.0 Å². The fourth-order valence-electron chi connectivity index (χ4n) is 2.22. The summed E-state index contributed by atoms with van der Waals surface area (Å²) in [5.74, 6) is 0. The molecule has 16 heavy (non-hydrogen) atoms. The van der Waals surface area contributed by atoms with Gasteiger partial charge < -0.3 is 15.4 Å². The number of benzene rings is 1. The van der Waals surface area contributed by atoms with Gasteiger partial charge in [-0.15, -0.1) is 0 Å². The van der Waals surface area contributed by atoms with Crippen molar-refractivity contribution in [3.8, 4) is 0 Å². The minimum atomic E-state index is -0.578. The zero-order valence-electron chi connectivity index (χ0n) is 9.99. The van der Waals surface area contributed by atoms with Gasteiger partial charge >= 0.3 is 0 Å². The Labute approximate surface area is 95.5 Å². The van der Waals surface area contributed by atoms with E-state index in [1.54, 1.807) is 0 Å². The second-order valence-electron chi connectivity index (χ2n) is 4.35. The van der Waals surface area contributed by atoms with Crippen molar-refractivity contribution in [1.29, 1.82) is 0 Å². The van der Waals surface area contributed by atoms with Gasteiger partial charge in [0.2, 0.25) is 0 Å². The standard InChI is InChI=1S/C13H18N2O/c1-8-4-5-10-11(12(16)6-14)7-15(3)13(10)9(8)2/h4-5,7,12,16H,6,14H2,1-3H3. The van der Waals surface area contributed by atoms with Gasteiger partial charge in [0.1, 0.15) is 0 Å². The molecule has 3 nitrogen and oxygen atoms in total. The van der Waals surface area contributed by atoms with E-state index in [9.17, 15) is 5.11 Å². The van der Waals surface area contributed by atoms with E-state index in [1.165, 1.54) is 16.6 Å². The Morgan fingerprint density at radius 2 is 2.06 bits per heavy atom. The lowest BCUT2D eigenvalue weighted by Gasteiger charge is -2.07. The van der Waals surface area contributed by atoms with E-state index in [0.29, 0.717) is 0 Å². The summed E-state index contributed by atoms with van der Waals surface area (Å²) in [6, 6.07) is 4.15. The Bertz CT molecular complexity index is 528. The van der Waals surface area contributed by atoms with Crippen LogP contribution in [0, 0.1) is 13.8 Å². The summed E-state index contributed by atoms with van der Waals surface area (Å²) in [7, 11) is 2.00. The molecule has 3 heteroatoms. The molecule has 1 aromatic heterocycles. The normalized spacial score (nSPS) is 13.3. The number of aromatic nitrogens is 1. The Morgan fingerprint density at radius 3 is 2.69 bits per heavy atom. The molecule has 0 spiro atoms. The van der Waals surface area contributed by atoms with Crippen molar-refractivity contribution in [3.05, 3.63) is 35.0 Å². The third-order valence-corrected chi connectivity index (χ3v) is 3.28. The summed E-state index contributed by atoms with van der Waals surface area (Å²) in [6.07, 6.45) is 1.39. The van der Waals surface area contributed by atoms with Crippen LogP contribution in [0.3, 0.4) is 0 Å². The molecule has 0 radical (unpaired) electrons. The van der Waals surface area contributed by atoms with Crippen LogP contribution in [-0.2, 0) is 7.05 Å². The monoisotopic (exact) mass is 218 g/mol. The maximum Gasteiger partial charge on any atom is 0.0932 e. The highest BCUT2D eigenvalue weighted by Crippen LogP contribution is 2.29. The summed E-state index contributed by atoms with van der Waals surface area (Å²) in [6.45, 7) is 4.46. The van der Waals surface area contributed by atoms with Crippen molar-refractivity contribution in [1.82, 2.24) is 4.57 Å². The number of nitrogens with zero attached hydrogens (tertiary/aromatic N) is 1. The molecular formula is C13H18N2O. The third kappa shape index (κ3) is 1.52. The van der Waals surface area contributed by atoms with Gasteiger partial charge in [0.25, 0.3) is 0 Å². The molecule has 3 N–H and O–H groups in total. The molecular weight excluding hydrogens is 200 g/mol. The summed E-state index contributed by atoms with van der Waals surface area (Å²) in [5, 5.41) is 11.0. The third-order valence-electron chi connectivity index (χ3n) is 3.28. The van der Waals surface area contributed by atoms with Crippen LogP contribution in [0.25, 0.3) is 10.9 Å². The molecule has 0 aliphatic rings. The van der Waals surface area contributed by atoms with Crippen LogP contribution in [0.15, 0.2) is 18.3 Å². The van der Waals surface area contributed by atoms with Crippen LogP contribution in [0.2, 0.25) is 0 Å². The second kappa shape index (κ2) is 3.92. The number of hydrogen-bond donors (Lipinski definition) is 2. The lowest BCUT2D eigenvalue weighted by molar-refractivity contribution is 0.188. The molecule has 0 fully saturated rings. The molecule has 1 aromatic carbocycles. The summed E-state index contributed by atoms with van der Waals surface area (Å²) >= 11 is 0. The number of rotatable bonds is 2. The van der Waals surface area contributed by atoms with Gasteiger partial charge in [-0.05, 0) is 25.0 Å². The second-order valence-corrected chi connectivity index (χ2v) is 4.35. The van der Waals surface area contributed by atoms with Gasteiger partial charge in [0, 0.05) is 30.7 Å². The number of fused-ring (bicyclic) bond motifs is 1. The molecule has 0 amide bonds. The van der Waals surface area contributed by atoms with Gasteiger partial charge in [-0.1, -0.05) is 12.1 Å². The topological polar surface area (TPSA) is 51.2 Å². The Morgan fingerprint density at radius 1 is 1.38 bits per heavy atom. The van der Waals surface area contributed by atoms with E-state index in [2.05, 4.69) is 30.5 Å². The van der Waals surface area contributed by atoms with Crippen LogP contribution in [0.1, 0.15) is 22.8 Å². The van der Waals surface area contributed by atoms with Crippen LogP contribution < -0.4 is 5.73 Å². The minimum absolute atomic E-state index is 0.256. The summed E-state index contributed by atoms with van der Waals surface area (Å²) in [4.78, 5) is 0. The lowest BCUT2D eigenvalue weighted by Crippen LogP contribution is -2.11. The molecule has 1 unspecified atom stereocenters. The van der Waals surface area contributed by atoms with Crippen molar-refractivity contribution in [2.24, 2.45) is 12.8 Å². The SMILES string of the molecule is Cc1ccc2c(C(O)CN)cn(C)c2c1C. The molecule has 0 saturated heterocycles. The van der Waals surface area contributed by atoms with Crippen LogP contribution in [0.4, 0.5) is 0 Å². The fraction of sp³-hybridized carbons (Fsp3) is 0.385. The number of hydrogen-bond acceptors (Lipinski definition) is 2. The Balaban J connectivity index is 2.77. The van der Waals surface area contributed by atoms with Gasteiger partial charge in [-0.25, -0.2) is 0 Å². The lowest BCUT2D eigenvalue weighted by atomic mass is 10.0. The first-order valence-corrected chi connectivity index (χ1v) is 5.49. The largest absolute Gasteiger partial charge is 0.387 e. The van der Waals surface area contributed by atoms with Crippen LogP contribution >= 0.6 is 0 Å². The highest BCUT2D eigenvalue weighted by atomic mass is 16.3. The molecule has 1 atom stereocenters. The van der Waals surface area contributed by atoms with E-state index in [1.807, 2.05) is 13.2 Å². The van der Waals surface area contributed by atoms with Crippen molar-refractivity contribution in [3.63, 3.8) is 0 Å². The average Bonchev–Trinajstić information content (AvgIpc) is 2.61. The van der Waals surface area contributed by atoms with E-state index in [4.69, 9.17) is 5.73 Å². The predicted octanol–water partition coefficient (Wildman–Crippen LogP) is 1.79. The van der Waals surface area contributed by atoms with E-state index in [-0.39, 0.29) is 6.54 Å². The highest BCUT2D eigenvalue weighted by molar-refractivity contribution is 5.88. The first-order valence-electron chi connectivity index (χ1n) is 5.49. The maximum atomic E-state index is 9.86. The number of aryl methyl sites for hydroxylation is 3. The van der Waals surface area contributed by atoms with Crippen LogP contribution in [0.5, 0.6) is 0 Å². The van der Waals surface area contributed by atoms with Crippen molar-refractivity contribution < 1.29 is 5.11 Å². The van der Waals surface area contributed by atoms with Crippen molar-refractivity contribution >= 4 is 10.9 Å². The molecule has 0 bridgehead atoms.